The van der Waals surface area contributed by atoms with E-state index < -0.39 is 0 Å². The number of hydrogen-bond donors (Lipinski definition) is 0. The van der Waals surface area contributed by atoms with Gasteiger partial charge in [-0.2, -0.15) is 0 Å². The normalized spacial score (nSPS) is 32.1. The molecule has 1 aliphatic heterocycles. The highest BCUT2D eigenvalue weighted by Gasteiger charge is 2.34. The van der Waals surface area contributed by atoms with Gasteiger partial charge < -0.3 is 9.64 Å². The van der Waals surface area contributed by atoms with Crippen molar-refractivity contribution in [1.29, 1.82) is 0 Å². The van der Waals surface area contributed by atoms with Gasteiger partial charge in [-0.15, -0.1) is 11.6 Å². The molecule has 2 rings (SSSR count). The van der Waals surface area contributed by atoms with E-state index in [1.54, 1.807) is 0 Å². The molecule has 0 aromatic carbocycles. The molecule has 18 heavy (non-hydrogen) atoms. The topological polar surface area (TPSA) is 29.5 Å². The highest BCUT2D eigenvalue weighted by molar-refractivity contribution is 6.18. The standard InChI is InChI=1S/C14H24ClNO2/c1-2-18-13-7-11(8-13)9-14(17)16-6-4-3-5-12(16)10-15/h11-13H,2-10H2,1H3. The number of ether oxygens (including phenoxy) is 1. The summed E-state index contributed by atoms with van der Waals surface area (Å²) >= 11 is 5.95. The zero-order valence-electron chi connectivity index (χ0n) is 11.2. The molecule has 0 N–H and O–H groups in total. The van der Waals surface area contributed by atoms with Crippen molar-refractivity contribution in [3.8, 4) is 0 Å². The SMILES string of the molecule is CCOC1CC(CC(=O)N2CCCCC2CCl)C1. The molecule has 1 atom stereocenters. The highest BCUT2D eigenvalue weighted by Crippen LogP contribution is 2.33. The summed E-state index contributed by atoms with van der Waals surface area (Å²) in [6, 6.07) is 0.274. The Balaban J connectivity index is 1.74. The molecule has 2 aliphatic rings. The van der Waals surface area contributed by atoms with Gasteiger partial charge in [-0.25, -0.2) is 0 Å². The summed E-state index contributed by atoms with van der Waals surface area (Å²) < 4.78 is 5.53. The van der Waals surface area contributed by atoms with Crippen molar-refractivity contribution >= 4 is 17.5 Å². The second kappa shape index (κ2) is 6.76. The van der Waals surface area contributed by atoms with Crippen LogP contribution in [0.1, 0.15) is 45.4 Å². The third kappa shape index (κ3) is 3.39. The van der Waals surface area contributed by atoms with Crippen molar-refractivity contribution in [1.82, 2.24) is 4.90 Å². The number of nitrogens with zero attached hydrogens (tertiary/aromatic N) is 1. The van der Waals surface area contributed by atoms with Gasteiger partial charge in [0.1, 0.15) is 0 Å². The monoisotopic (exact) mass is 273 g/mol. The number of rotatable bonds is 5. The number of likely N-dealkylation sites (tertiary alicyclic amines) is 1. The van der Waals surface area contributed by atoms with Crippen LogP contribution in [0.4, 0.5) is 0 Å². The molecule has 0 aromatic heterocycles. The Labute approximate surface area is 115 Å². The van der Waals surface area contributed by atoms with E-state index in [1.807, 2.05) is 11.8 Å². The zero-order valence-corrected chi connectivity index (χ0v) is 12.0. The third-order valence-electron chi connectivity index (χ3n) is 4.18. The number of carbonyl (C=O) groups is 1. The van der Waals surface area contributed by atoms with Crippen LogP contribution in [-0.4, -0.2) is 42.0 Å². The molecule has 1 unspecified atom stereocenters. The second-order valence-electron chi connectivity index (χ2n) is 5.51. The van der Waals surface area contributed by atoms with Crippen LogP contribution in [0.2, 0.25) is 0 Å². The molecule has 1 aliphatic carbocycles. The van der Waals surface area contributed by atoms with Crippen LogP contribution in [0.3, 0.4) is 0 Å². The molecule has 4 heteroatoms. The molecular formula is C14H24ClNO2. The molecule has 0 bridgehead atoms. The summed E-state index contributed by atoms with van der Waals surface area (Å²) in [7, 11) is 0. The number of halogens is 1. The van der Waals surface area contributed by atoms with Crippen LogP contribution in [0.25, 0.3) is 0 Å². The molecule has 3 nitrogen and oxygen atoms in total. The fraction of sp³-hybridized carbons (Fsp3) is 0.929. The first-order valence-electron chi connectivity index (χ1n) is 7.21. The summed E-state index contributed by atoms with van der Waals surface area (Å²) in [6.07, 6.45) is 6.61. The molecule has 1 saturated carbocycles. The van der Waals surface area contributed by atoms with Crippen LogP contribution < -0.4 is 0 Å². The lowest BCUT2D eigenvalue weighted by Crippen LogP contribution is -2.46. The lowest BCUT2D eigenvalue weighted by atomic mass is 9.79. The average molecular weight is 274 g/mol. The van der Waals surface area contributed by atoms with Crippen molar-refractivity contribution in [2.75, 3.05) is 19.0 Å². The van der Waals surface area contributed by atoms with Crippen LogP contribution in [0.5, 0.6) is 0 Å². The Morgan fingerprint density at radius 3 is 2.83 bits per heavy atom. The number of alkyl halides is 1. The van der Waals surface area contributed by atoms with Crippen LogP contribution in [0, 0.1) is 5.92 Å². The fourth-order valence-electron chi connectivity index (χ4n) is 3.07. The molecule has 0 radical (unpaired) electrons. The predicted octanol–water partition coefficient (Wildman–Crippen LogP) is 2.81. The first-order valence-corrected chi connectivity index (χ1v) is 7.75. The molecule has 0 aromatic rings. The van der Waals surface area contributed by atoms with Crippen molar-refractivity contribution in [2.45, 2.75) is 57.6 Å². The quantitative estimate of drug-likeness (QED) is 0.721. The molecule has 1 heterocycles. The Hall–Kier alpha value is -0.280. The zero-order chi connectivity index (χ0) is 13.0. The number of piperidine rings is 1. The lowest BCUT2D eigenvalue weighted by Gasteiger charge is -2.39. The van der Waals surface area contributed by atoms with Gasteiger partial charge in [-0.3, -0.25) is 4.79 Å². The Morgan fingerprint density at radius 2 is 2.17 bits per heavy atom. The molecule has 1 amide bonds. The van der Waals surface area contributed by atoms with E-state index in [-0.39, 0.29) is 6.04 Å². The molecule has 0 spiro atoms. The van der Waals surface area contributed by atoms with Crippen LogP contribution in [-0.2, 0) is 9.53 Å². The van der Waals surface area contributed by atoms with Crippen molar-refractivity contribution in [3.05, 3.63) is 0 Å². The Kier molecular flexibility index (Phi) is 5.31. The Bertz CT molecular complexity index is 279. The second-order valence-corrected chi connectivity index (χ2v) is 5.82. The summed E-state index contributed by atoms with van der Waals surface area (Å²) in [5, 5.41) is 0. The highest BCUT2D eigenvalue weighted by atomic mass is 35.5. The van der Waals surface area contributed by atoms with E-state index >= 15 is 0 Å². The largest absolute Gasteiger partial charge is 0.378 e. The molecule has 104 valence electrons. The van der Waals surface area contributed by atoms with Gasteiger partial charge >= 0.3 is 0 Å². The van der Waals surface area contributed by atoms with E-state index in [9.17, 15) is 4.79 Å². The maximum Gasteiger partial charge on any atom is 0.223 e. The van der Waals surface area contributed by atoms with Crippen LogP contribution in [0.15, 0.2) is 0 Å². The summed E-state index contributed by atoms with van der Waals surface area (Å²) in [6.45, 7) is 3.71. The van der Waals surface area contributed by atoms with Gasteiger partial charge in [0, 0.05) is 31.5 Å². The number of amides is 1. The summed E-state index contributed by atoms with van der Waals surface area (Å²) in [4.78, 5) is 14.3. The number of carbonyl (C=O) groups excluding carboxylic acids is 1. The fourth-order valence-corrected chi connectivity index (χ4v) is 3.39. The lowest BCUT2D eigenvalue weighted by molar-refractivity contribution is -0.137. The average Bonchev–Trinajstić information content (AvgIpc) is 2.36. The van der Waals surface area contributed by atoms with Gasteiger partial charge in [0.25, 0.3) is 0 Å². The number of hydrogen-bond acceptors (Lipinski definition) is 2. The first-order chi connectivity index (χ1) is 8.74. The maximum absolute atomic E-state index is 12.3. The summed E-state index contributed by atoms with van der Waals surface area (Å²) in [5.41, 5.74) is 0. The van der Waals surface area contributed by atoms with E-state index in [0.717, 1.165) is 38.8 Å². The molecular weight excluding hydrogens is 250 g/mol. The van der Waals surface area contributed by atoms with Crippen molar-refractivity contribution < 1.29 is 9.53 Å². The predicted molar refractivity (Wildman–Crippen MR) is 72.8 cm³/mol. The minimum atomic E-state index is 0.274. The third-order valence-corrected chi connectivity index (χ3v) is 4.54. The van der Waals surface area contributed by atoms with Gasteiger partial charge in [-0.1, -0.05) is 0 Å². The molecule has 1 saturated heterocycles. The van der Waals surface area contributed by atoms with E-state index in [0.29, 0.717) is 30.2 Å². The maximum atomic E-state index is 12.3. The van der Waals surface area contributed by atoms with Gasteiger partial charge in [-0.05, 0) is 44.9 Å². The smallest absolute Gasteiger partial charge is 0.223 e. The van der Waals surface area contributed by atoms with Crippen LogP contribution >= 0.6 is 11.6 Å². The van der Waals surface area contributed by atoms with E-state index in [4.69, 9.17) is 16.3 Å². The van der Waals surface area contributed by atoms with Gasteiger partial charge in [0.05, 0.1) is 6.10 Å². The minimum Gasteiger partial charge on any atom is -0.378 e. The van der Waals surface area contributed by atoms with Crippen molar-refractivity contribution in [2.24, 2.45) is 5.92 Å². The van der Waals surface area contributed by atoms with Gasteiger partial charge in [0.2, 0.25) is 5.91 Å². The minimum absolute atomic E-state index is 0.274. The first kappa shape index (κ1) is 14.1. The summed E-state index contributed by atoms with van der Waals surface area (Å²) in [5.74, 6) is 1.42. The Morgan fingerprint density at radius 1 is 1.39 bits per heavy atom. The van der Waals surface area contributed by atoms with E-state index in [1.165, 1.54) is 6.42 Å². The van der Waals surface area contributed by atoms with Crippen molar-refractivity contribution in [3.63, 3.8) is 0 Å². The molecule has 2 fully saturated rings. The van der Waals surface area contributed by atoms with Gasteiger partial charge in [0.15, 0.2) is 0 Å². The van der Waals surface area contributed by atoms with E-state index in [2.05, 4.69) is 0 Å².